The molecule has 3 aliphatic rings. The molecule has 10 nitrogen and oxygen atoms in total. The van der Waals surface area contributed by atoms with Gasteiger partial charge in [-0.2, -0.15) is 0 Å². The van der Waals surface area contributed by atoms with Crippen molar-refractivity contribution >= 4 is 23.9 Å². The summed E-state index contributed by atoms with van der Waals surface area (Å²) in [5.41, 5.74) is 0.903. The quantitative estimate of drug-likeness (QED) is 0.490. The normalized spacial score (nSPS) is 25.9. The number of carbonyl (C=O) groups excluding carboxylic acids is 3. The fourth-order valence-electron chi connectivity index (χ4n) is 3.59. The van der Waals surface area contributed by atoms with E-state index < -0.39 is 18.2 Å². The molecule has 2 atom stereocenters. The molecule has 0 aromatic carbocycles. The summed E-state index contributed by atoms with van der Waals surface area (Å²) in [6, 6.07) is -1.00. The van der Waals surface area contributed by atoms with E-state index in [0.29, 0.717) is 38.7 Å². The number of carbonyl (C=O) groups is 3. The van der Waals surface area contributed by atoms with Crippen LogP contribution in [0.3, 0.4) is 0 Å². The lowest BCUT2D eigenvalue weighted by Crippen LogP contribution is -2.64. The Labute approximate surface area is 158 Å². The summed E-state index contributed by atoms with van der Waals surface area (Å²) in [7, 11) is 3.02. The van der Waals surface area contributed by atoms with Crippen molar-refractivity contribution in [2.75, 3.05) is 53.4 Å². The highest BCUT2D eigenvalue weighted by Gasteiger charge is 2.49. The second kappa shape index (κ2) is 7.55. The number of nitrogens with one attached hydrogen (secondary N) is 1. The zero-order valence-corrected chi connectivity index (χ0v) is 16.0. The Balaban J connectivity index is 1.76. The molecule has 2 fully saturated rings. The number of amides is 3. The molecule has 2 saturated heterocycles. The minimum Gasteiger partial charge on any atom is -0.468 e. The number of piperazine rings is 1. The van der Waals surface area contributed by atoms with Crippen LogP contribution in [0.15, 0.2) is 17.1 Å². The van der Waals surface area contributed by atoms with Gasteiger partial charge in [0.25, 0.3) is 5.91 Å². The summed E-state index contributed by atoms with van der Waals surface area (Å²) in [6.07, 6.45) is -0.548. The highest BCUT2D eigenvalue weighted by molar-refractivity contribution is 6.03. The number of rotatable bonds is 4. The van der Waals surface area contributed by atoms with E-state index in [9.17, 15) is 14.4 Å². The van der Waals surface area contributed by atoms with Gasteiger partial charge in [0.1, 0.15) is 0 Å². The van der Waals surface area contributed by atoms with Gasteiger partial charge in [-0.05, 0) is 6.92 Å². The molecule has 3 rings (SSSR count). The average molecular weight is 378 g/mol. The molecule has 27 heavy (non-hydrogen) atoms. The Morgan fingerprint density at radius 3 is 2.52 bits per heavy atom. The van der Waals surface area contributed by atoms with Gasteiger partial charge in [-0.1, -0.05) is 12.2 Å². The van der Waals surface area contributed by atoms with Crippen molar-refractivity contribution in [1.82, 2.24) is 24.9 Å². The van der Waals surface area contributed by atoms with Crippen LogP contribution in [0.5, 0.6) is 0 Å². The summed E-state index contributed by atoms with van der Waals surface area (Å²) in [5, 5.41) is 2.39. The number of hydrogen-bond donors (Lipinski definition) is 1. The smallest absolute Gasteiger partial charge is 0.325 e. The summed E-state index contributed by atoms with van der Waals surface area (Å²) >= 11 is 0. The number of likely N-dealkylation sites (N-methyl/N-ethyl adjacent to an activating group) is 1. The minimum atomic E-state index is -0.563. The monoisotopic (exact) mass is 378 g/mol. The van der Waals surface area contributed by atoms with Gasteiger partial charge >= 0.3 is 12.0 Å². The van der Waals surface area contributed by atoms with Crippen LogP contribution in [0.4, 0.5) is 4.79 Å². The maximum Gasteiger partial charge on any atom is 0.325 e. The van der Waals surface area contributed by atoms with Crippen molar-refractivity contribution in [1.29, 1.82) is 0 Å². The zero-order chi connectivity index (χ0) is 19.7. The Bertz CT molecular complexity index is 685. The fourth-order valence-corrected chi connectivity index (χ4v) is 3.59. The molecule has 3 aliphatic heterocycles. The number of guanidine groups is 1. The van der Waals surface area contributed by atoms with E-state index in [1.165, 1.54) is 12.0 Å². The van der Waals surface area contributed by atoms with Gasteiger partial charge in [-0.25, -0.2) is 9.79 Å². The van der Waals surface area contributed by atoms with E-state index in [4.69, 9.17) is 9.73 Å². The molecule has 148 valence electrons. The van der Waals surface area contributed by atoms with E-state index in [1.54, 1.807) is 7.05 Å². The van der Waals surface area contributed by atoms with Crippen molar-refractivity contribution < 1.29 is 19.1 Å². The van der Waals surface area contributed by atoms with Crippen LogP contribution in [0.1, 0.15) is 6.92 Å². The van der Waals surface area contributed by atoms with Gasteiger partial charge in [-0.3, -0.25) is 19.8 Å². The summed E-state index contributed by atoms with van der Waals surface area (Å²) in [6.45, 7) is 9.31. The Morgan fingerprint density at radius 2 is 1.93 bits per heavy atom. The zero-order valence-electron chi connectivity index (χ0n) is 16.0. The lowest BCUT2D eigenvalue weighted by molar-refractivity contribution is -0.142. The minimum absolute atomic E-state index is 0.256. The van der Waals surface area contributed by atoms with E-state index in [2.05, 4.69) is 16.8 Å². The van der Waals surface area contributed by atoms with E-state index in [-0.39, 0.29) is 18.4 Å². The van der Waals surface area contributed by atoms with Gasteiger partial charge in [0, 0.05) is 39.8 Å². The topological polar surface area (TPSA) is 97.8 Å². The van der Waals surface area contributed by atoms with Crippen molar-refractivity contribution in [2.24, 2.45) is 4.99 Å². The molecule has 10 heteroatoms. The van der Waals surface area contributed by atoms with E-state index in [1.807, 2.05) is 16.7 Å². The van der Waals surface area contributed by atoms with Crippen molar-refractivity contribution in [3.05, 3.63) is 12.2 Å². The van der Waals surface area contributed by atoms with Crippen LogP contribution >= 0.6 is 0 Å². The lowest BCUT2D eigenvalue weighted by Gasteiger charge is -2.40. The Morgan fingerprint density at radius 1 is 1.26 bits per heavy atom. The summed E-state index contributed by atoms with van der Waals surface area (Å²) in [5.74, 6) is 0.100. The maximum absolute atomic E-state index is 12.5. The molecule has 0 saturated carbocycles. The average Bonchev–Trinajstić information content (AvgIpc) is 2.99. The van der Waals surface area contributed by atoms with Crippen LogP contribution in [0.25, 0.3) is 0 Å². The molecule has 3 heterocycles. The van der Waals surface area contributed by atoms with Crippen LogP contribution in [-0.4, -0.2) is 109 Å². The van der Waals surface area contributed by atoms with E-state index >= 15 is 0 Å². The van der Waals surface area contributed by atoms with Gasteiger partial charge < -0.3 is 19.4 Å². The predicted octanol–water partition coefficient (Wildman–Crippen LogP) is -1.10. The lowest BCUT2D eigenvalue weighted by atomic mass is 10.1. The number of imide groups is 1. The number of esters is 1. The molecule has 0 radical (unpaired) electrons. The third kappa shape index (κ3) is 3.75. The third-order valence-corrected chi connectivity index (χ3v) is 5.01. The first kappa shape index (κ1) is 19.2. The summed E-state index contributed by atoms with van der Waals surface area (Å²) in [4.78, 5) is 48.1. The number of hydrogen-bond acceptors (Lipinski definition) is 8. The van der Waals surface area contributed by atoms with Crippen molar-refractivity contribution in [3.63, 3.8) is 0 Å². The molecule has 0 spiro atoms. The van der Waals surface area contributed by atoms with Gasteiger partial charge in [0.2, 0.25) is 0 Å². The standard InChI is InChI=1S/C17H26N6O4/c1-11(2)9-23-13-14(20(3)17(26)19-15(13)25)18-16(23)22-7-5-21(6-8-22)10-12(24)27-4/h13-14H,1,5-10H2,2-4H3,(H,19,25,26). The fraction of sp³-hybridized carbons (Fsp3) is 0.647. The van der Waals surface area contributed by atoms with Crippen LogP contribution < -0.4 is 5.32 Å². The van der Waals surface area contributed by atoms with Crippen LogP contribution in [-0.2, 0) is 14.3 Å². The molecule has 2 unspecified atom stereocenters. The summed E-state index contributed by atoms with van der Waals surface area (Å²) < 4.78 is 4.72. The number of nitrogens with zero attached hydrogens (tertiary/aromatic N) is 5. The number of ether oxygens (including phenoxy) is 1. The van der Waals surface area contributed by atoms with Crippen LogP contribution in [0, 0.1) is 0 Å². The van der Waals surface area contributed by atoms with Crippen molar-refractivity contribution in [2.45, 2.75) is 19.1 Å². The first-order chi connectivity index (χ1) is 12.8. The van der Waals surface area contributed by atoms with Gasteiger partial charge in [0.15, 0.2) is 18.2 Å². The molecule has 0 aliphatic carbocycles. The number of urea groups is 1. The van der Waals surface area contributed by atoms with Crippen molar-refractivity contribution in [3.8, 4) is 0 Å². The number of aliphatic imine (C=N–C) groups is 1. The first-order valence-corrected chi connectivity index (χ1v) is 8.92. The molecule has 0 bridgehead atoms. The number of methoxy groups -OCH3 is 1. The molecule has 3 amide bonds. The number of fused-ring (bicyclic) bond motifs is 1. The second-order valence-corrected chi connectivity index (χ2v) is 7.12. The molecular weight excluding hydrogens is 352 g/mol. The highest BCUT2D eigenvalue weighted by atomic mass is 16.5. The molecular formula is C17H26N6O4. The Kier molecular flexibility index (Phi) is 5.36. The largest absolute Gasteiger partial charge is 0.468 e. The third-order valence-electron chi connectivity index (χ3n) is 5.01. The SMILES string of the molecule is C=C(C)CN1C(N2CCN(CC(=O)OC)CC2)=NC2C1C(=O)NC(=O)N2C. The molecule has 0 aromatic rings. The predicted molar refractivity (Wildman–Crippen MR) is 97.9 cm³/mol. The Hall–Kier alpha value is -2.62. The molecule has 0 aromatic heterocycles. The van der Waals surface area contributed by atoms with Gasteiger partial charge in [0.05, 0.1) is 13.7 Å². The van der Waals surface area contributed by atoms with Gasteiger partial charge in [-0.15, -0.1) is 0 Å². The molecule has 1 N–H and O–H groups in total. The maximum atomic E-state index is 12.5. The highest BCUT2D eigenvalue weighted by Crippen LogP contribution is 2.26. The van der Waals surface area contributed by atoms with Crippen LogP contribution in [0.2, 0.25) is 0 Å². The first-order valence-electron chi connectivity index (χ1n) is 8.92. The second-order valence-electron chi connectivity index (χ2n) is 7.12. The van der Waals surface area contributed by atoms with E-state index in [0.717, 1.165) is 5.57 Å².